The maximum atomic E-state index is 14.7. The summed E-state index contributed by atoms with van der Waals surface area (Å²) in [5.74, 6) is 0.0639. The molecule has 174 valence electrons. The fourth-order valence-electron chi connectivity index (χ4n) is 3.97. The number of benzene rings is 3. The molecule has 1 aromatic heterocycles. The van der Waals surface area contributed by atoms with Crippen molar-refractivity contribution in [3.63, 3.8) is 0 Å². The van der Waals surface area contributed by atoms with Crippen LogP contribution in [0.4, 0.5) is 10.1 Å². The van der Waals surface area contributed by atoms with E-state index in [9.17, 15) is 14.3 Å². The summed E-state index contributed by atoms with van der Waals surface area (Å²) in [6.45, 7) is 2.02. The number of halogens is 1. The lowest BCUT2D eigenvalue weighted by molar-refractivity contribution is 0.102. The number of nitrogens with zero attached hydrogens (tertiary/aromatic N) is 2. The molecule has 6 nitrogen and oxygen atoms in total. The zero-order valence-electron chi connectivity index (χ0n) is 19.1. The fraction of sp³-hybridized carbons (Fsp3) is 0.185. The molecule has 0 fully saturated rings. The van der Waals surface area contributed by atoms with Gasteiger partial charge in [-0.3, -0.25) is 9.48 Å². The molecule has 0 radical (unpaired) electrons. The van der Waals surface area contributed by atoms with Gasteiger partial charge in [0.15, 0.2) is 0 Å². The molecule has 0 unspecified atom stereocenters. The Bertz CT molecular complexity index is 1320. The molecule has 7 heteroatoms. The SMILES string of the molecule is COc1cccc(NC(=O)c2cccc(Cc3c(C)nn(CCO)c3-c3ccccc3F)c2)c1. The van der Waals surface area contributed by atoms with E-state index in [0.717, 1.165) is 16.8 Å². The Hall–Kier alpha value is -3.97. The Morgan fingerprint density at radius 2 is 1.88 bits per heavy atom. The van der Waals surface area contributed by atoms with E-state index < -0.39 is 0 Å². The summed E-state index contributed by atoms with van der Waals surface area (Å²) in [6, 6.07) is 21.0. The number of ether oxygens (including phenoxy) is 1. The Labute approximate surface area is 197 Å². The minimum atomic E-state index is -0.353. The smallest absolute Gasteiger partial charge is 0.255 e. The van der Waals surface area contributed by atoms with Crippen LogP contribution < -0.4 is 10.1 Å². The maximum Gasteiger partial charge on any atom is 0.255 e. The quantitative estimate of drug-likeness (QED) is 0.395. The van der Waals surface area contributed by atoms with Crippen LogP contribution in [0.2, 0.25) is 0 Å². The van der Waals surface area contributed by atoms with Gasteiger partial charge in [-0.2, -0.15) is 5.10 Å². The number of nitrogens with one attached hydrogen (secondary N) is 1. The van der Waals surface area contributed by atoms with Gasteiger partial charge in [0.2, 0.25) is 0 Å². The molecular formula is C27H26FN3O3. The van der Waals surface area contributed by atoms with Crippen molar-refractivity contribution in [2.24, 2.45) is 0 Å². The molecule has 34 heavy (non-hydrogen) atoms. The number of rotatable bonds is 8. The summed E-state index contributed by atoms with van der Waals surface area (Å²) in [4.78, 5) is 12.9. The van der Waals surface area contributed by atoms with E-state index in [1.165, 1.54) is 6.07 Å². The zero-order valence-corrected chi connectivity index (χ0v) is 19.1. The van der Waals surface area contributed by atoms with Gasteiger partial charge in [0, 0.05) is 34.9 Å². The molecular weight excluding hydrogens is 433 g/mol. The van der Waals surface area contributed by atoms with E-state index >= 15 is 0 Å². The molecule has 4 aromatic rings. The topological polar surface area (TPSA) is 76.4 Å². The van der Waals surface area contributed by atoms with E-state index in [1.807, 2.05) is 37.3 Å². The van der Waals surface area contributed by atoms with Gasteiger partial charge in [-0.15, -0.1) is 0 Å². The van der Waals surface area contributed by atoms with Crippen molar-refractivity contribution in [2.75, 3.05) is 19.0 Å². The highest BCUT2D eigenvalue weighted by molar-refractivity contribution is 6.04. The first-order chi connectivity index (χ1) is 16.5. The first-order valence-electron chi connectivity index (χ1n) is 11.0. The number of anilines is 1. The molecule has 3 aromatic carbocycles. The molecule has 0 aliphatic carbocycles. The lowest BCUT2D eigenvalue weighted by Gasteiger charge is -2.11. The van der Waals surface area contributed by atoms with Crippen molar-refractivity contribution in [3.8, 4) is 17.0 Å². The van der Waals surface area contributed by atoms with Crippen LogP contribution in [0, 0.1) is 12.7 Å². The van der Waals surface area contributed by atoms with Crippen LogP contribution in [0.1, 0.15) is 27.2 Å². The van der Waals surface area contributed by atoms with Crippen molar-refractivity contribution < 1.29 is 19.0 Å². The number of hydrogen-bond donors (Lipinski definition) is 2. The minimum absolute atomic E-state index is 0.109. The minimum Gasteiger partial charge on any atom is -0.497 e. The summed E-state index contributed by atoms with van der Waals surface area (Å²) < 4.78 is 21.5. The van der Waals surface area contributed by atoms with Gasteiger partial charge in [-0.1, -0.05) is 30.3 Å². The highest BCUT2D eigenvalue weighted by Crippen LogP contribution is 2.30. The number of methoxy groups -OCH3 is 1. The number of carbonyl (C=O) groups excluding carboxylic acids is 1. The number of hydrogen-bond acceptors (Lipinski definition) is 4. The third-order valence-electron chi connectivity index (χ3n) is 5.59. The monoisotopic (exact) mass is 459 g/mol. The van der Waals surface area contributed by atoms with E-state index in [4.69, 9.17) is 4.74 Å². The Morgan fingerprint density at radius 3 is 2.65 bits per heavy atom. The van der Waals surface area contributed by atoms with E-state index in [-0.39, 0.29) is 24.9 Å². The van der Waals surface area contributed by atoms with E-state index in [2.05, 4.69) is 10.4 Å². The van der Waals surface area contributed by atoms with Crippen molar-refractivity contribution in [1.82, 2.24) is 9.78 Å². The molecule has 1 heterocycles. The van der Waals surface area contributed by atoms with Crippen LogP contribution >= 0.6 is 0 Å². The van der Waals surface area contributed by atoms with Crippen LogP contribution in [0.15, 0.2) is 72.8 Å². The number of amides is 1. The normalized spacial score (nSPS) is 10.8. The van der Waals surface area contributed by atoms with Gasteiger partial charge in [-0.25, -0.2) is 4.39 Å². The summed E-state index contributed by atoms with van der Waals surface area (Å²) in [5.41, 5.74) is 4.70. The van der Waals surface area contributed by atoms with Crippen molar-refractivity contribution in [1.29, 1.82) is 0 Å². The zero-order chi connectivity index (χ0) is 24.1. The predicted octanol–water partition coefficient (Wildman–Crippen LogP) is 4.84. The van der Waals surface area contributed by atoms with Crippen LogP contribution in [0.5, 0.6) is 5.75 Å². The van der Waals surface area contributed by atoms with Crippen molar-refractivity contribution >= 4 is 11.6 Å². The Balaban J connectivity index is 1.64. The van der Waals surface area contributed by atoms with Crippen LogP contribution in [-0.2, 0) is 13.0 Å². The number of aliphatic hydroxyl groups excluding tert-OH is 1. The fourth-order valence-corrected chi connectivity index (χ4v) is 3.97. The molecule has 4 rings (SSSR count). The second-order valence-corrected chi connectivity index (χ2v) is 7.90. The van der Waals surface area contributed by atoms with E-state index in [1.54, 1.807) is 48.2 Å². The summed E-state index contributed by atoms with van der Waals surface area (Å²) in [7, 11) is 1.57. The third kappa shape index (κ3) is 5.00. The second kappa shape index (κ2) is 10.3. The predicted molar refractivity (Wildman–Crippen MR) is 130 cm³/mol. The second-order valence-electron chi connectivity index (χ2n) is 7.90. The molecule has 0 saturated carbocycles. The standard InChI is InChI=1S/C27H26FN3O3/c1-18-24(26(31(30-18)13-14-32)23-11-3-4-12-25(23)28)16-19-7-5-8-20(15-19)27(33)29-21-9-6-10-22(17-21)34-2/h3-12,15,17,32H,13-14,16H2,1-2H3,(H,29,33). The van der Waals surface area contributed by atoms with Gasteiger partial charge >= 0.3 is 0 Å². The van der Waals surface area contributed by atoms with Gasteiger partial charge in [-0.05, 0) is 48.9 Å². The molecule has 0 aliphatic heterocycles. The number of aryl methyl sites for hydroxylation is 1. The lowest BCUT2D eigenvalue weighted by Crippen LogP contribution is -2.12. The summed E-state index contributed by atoms with van der Waals surface area (Å²) >= 11 is 0. The van der Waals surface area contributed by atoms with Gasteiger partial charge < -0.3 is 15.2 Å². The summed E-state index contributed by atoms with van der Waals surface area (Å²) in [5, 5.41) is 16.9. The number of aliphatic hydroxyl groups is 1. The first-order valence-corrected chi connectivity index (χ1v) is 11.0. The summed E-state index contributed by atoms with van der Waals surface area (Å²) in [6.07, 6.45) is 0.460. The molecule has 0 spiro atoms. The largest absolute Gasteiger partial charge is 0.497 e. The molecule has 0 aliphatic rings. The highest BCUT2D eigenvalue weighted by Gasteiger charge is 2.20. The number of aromatic nitrogens is 2. The third-order valence-corrected chi connectivity index (χ3v) is 5.59. The van der Waals surface area contributed by atoms with Gasteiger partial charge in [0.25, 0.3) is 5.91 Å². The van der Waals surface area contributed by atoms with Gasteiger partial charge in [0.05, 0.1) is 31.6 Å². The Morgan fingerprint density at radius 1 is 1.09 bits per heavy atom. The van der Waals surface area contributed by atoms with Crippen LogP contribution in [0.3, 0.4) is 0 Å². The van der Waals surface area contributed by atoms with Crippen molar-refractivity contribution in [2.45, 2.75) is 19.9 Å². The molecule has 0 bridgehead atoms. The van der Waals surface area contributed by atoms with Crippen molar-refractivity contribution in [3.05, 3.63) is 101 Å². The Kier molecular flexibility index (Phi) is 7.04. The molecule has 0 atom stereocenters. The first kappa shape index (κ1) is 23.2. The lowest BCUT2D eigenvalue weighted by atomic mass is 9.97. The molecule has 1 amide bonds. The molecule has 0 saturated heterocycles. The average molecular weight is 460 g/mol. The number of carbonyl (C=O) groups is 1. The van der Waals surface area contributed by atoms with E-state index in [0.29, 0.717) is 34.7 Å². The molecule has 2 N–H and O–H groups in total. The van der Waals surface area contributed by atoms with Gasteiger partial charge in [0.1, 0.15) is 11.6 Å². The van der Waals surface area contributed by atoms with Crippen LogP contribution in [0.25, 0.3) is 11.3 Å². The maximum absolute atomic E-state index is 14.7. The highest BCUT2D eigenvalue weighted by atomic mass is 19.1. The van der Waals surface area contributed by atoms with Crippen LogP contribution in [-0.4, -0.2) is 34.5 Å². The average Bonchev–Trinajstić information content (AvgIpc) is 3.14.